The maximum atomic E-state index is 12.7. The van der Waals surface area contributed by atoms with Crippen LogP contribution in [0.25, 0.3) is 0 Å². The highest BCUT2D eigenvalue weighted by atomic mass is 16.4. The molecule has 5 heteroatoms. The molecule has 0 heterocycles. The average molecular weight is 289 g/mol. The van der Waals surface area contributed by atoms with Crippen LogP contribution in [0.5, 0.6) is 0 Å². The van der Waals surface area contributed by atoms with E-state index in [-0.39, 0.29) is 11.7 Å². The number of nitrogens with two attached hydrogens (primary N) is 1. The van der Waals surface area contributed by atoms with Crippen LogP contribution in [0.4, 0.5) is 5.69 Å². The van der Waals surface area contributed by atoms with Gasteiger partial charge in [-0.2, -0.15) is 0 Å². The number of nitrogens with one attached hydrogen (secondary N) is 1. The molecule has 0 unspecified atom stereocenters. The van der Waals surface area contributed by atoms with Gasteiger partial charge in [-0.05, 0) is 36.8 Å². The summed E-state index contributed by atoms with van der Waals surface area (Å²) in [4.78, 5) is 12.7. The van der Waals surface area contributed by atoms with Gasteiger partial charge < -0.3 is 16.3 Å². The van der Waals surface area contributed by atoms with Gasteiger partial charge in [0.2, 0.25) is 5.91 Å². The third-order valence-electron chi connectivity index (χ3n) is 4.48. The van der Waals surface area contributed by atoms with Crippen LogP contribution in [0.15, 0.2) is 23.4 Å². The molecule has 0 radical (unpaired) electrons. The van der Waals surface area contributed by atoms with E-state index < -0.39 is 5.41 Å². The smallest absolute Gasteiger partial charge is 0.238 e. The van der Waals surface area contributed by atoms with Gasteiger partial charge >= 0.3 is 0 Å². The maximum absolute atomic E-state index is 12.7. The third kappa shape index (κ3) is 2.60. The Labute approximate surface area is 125 Å². The van der Waals surface area contributed by atoms with Gasteiger partial charge in [0, 0.05) is 5.69 Å². The molecule has 1 aromatic rings. The molecule has 0 aromatic heterocycles. The molecule has 21 heavy (non-hydrogen) atoms. The summed E-state index contributed by atoms with van der Waals surface area (Å²) in [6.07, 6.45) is 3.87. The molecule has 1 fully saturated rings. The quantitative estimate of drug-likeness (QED) is 0.337. The van der Waals surface area contributed by atoms with Gasteiger partial charge in [-0.15, -0.1) is 0 Å². The second-order valence-electron chi connectivity index (χ2n) is 5.53. The first kappa shape index (κ1) is 15.4. The average Bonchev–Trinajstić information content (AvgIpc) is 2.45. The van der Waals surface area contributed by atoms with Crippen molar-refractivity contribution in [2.75, 3.05) is 5.32 Å². The predicted octanol–water partition coefficient (Wildman–Crippen LogP) is 2.67. The minimum absolute atomic E-state index is 0.0123. The van der Waals surface area contributed by atoms with Crippen molar-refractivity contribution in [1.82, 2.24) is 0 Å². The van der Waals surface area contributed by atoms with Crippen LogP contribution in [0.1, 0.15) is 44.2 Å². The van der Waals surface area contributed by atoms with Crippen molar-refractivity contribution in [3.63, 3.8) is 0 Å². The van der Waals surface area contributed by atoms with Gasteiger partial charge in [0.25, 0.3) is 0 Å². The van der Waals surface area contributed by atoms with Crippen LogP contribution >= 0.6 is 0 Å². The molecule has 0 spiro atoms. The molecule has 2 rings (SSSR count). The summed E-state index contributed by atoms with van der Waals surface area (Å²) in [5.74, 6) is -0.155. The normalized spacial score (nSPS) is 17.1. The second kappa shape index (κ2) is 6.16. The summed E-state index contributed by atoms with van der Waals surface area (Å²) in [6, 6.07) is 6.05. The summed E-state index contributed by atoms with van der Waals surface area (Å²) in [6.45, 7) is 4.13. The van der Waals surface area contributed by atoms with Crippen molar-refractivity contribution in [3.8, 4) is 0 Å². The standard InChI is InChI=1S/C16H23N3O2/c1-3-11-7-5-8-12(4-2)13(11)18-15(20)16(9-6-10-16)14(17)19-21/h5,7-8,21H,3-4,6,9-10H2,1-2H3,(H2,17,19)(H,18,20). The number of hydrogen-bond acceptors (Lipinski definition) is 3. The SMILES string of the molecule is CCc1cccc(CC)c1NC(=O)C1(/C(N)=N/O)CCC1. The van der Waals surface area contributed by atoms with E-state index >= 15 is 0 Å². The third-order valence-corrected chi connectivity index (χ3v) is 4.48. The zero-order chi connectivity index (χ0) is 15.5. The van der Waals surface area contributed by atoms with Gasteiger partial charge in [0.1, 0.15) is 5.41 Å². The van der Waals surface area contributed by atoms with E-state index in [4.69, 9.17) is 10.9 Å². The molecular weight excluding hydrogens is 266 g/mol. The molecule has 1 saturated carbocycles. The first-order valence-corrected chi connectivity index (χ1v) is 7.49. The zero-order valence-corrected chi connectivity index (χ0v) is 12.6. The number of oxime groups is 1. The zero-order valence-electron chi connectivity index (χ0n) is 12.6. The van der Waals surface area contributed by atoms with Crippen LogP contribution in [0.2, 0.25) is 0 Å². The molecule has 1 amide bonds. The summed E-state index contributed by atoms with van der Waals surface area (Å²) in [5.41, 5.74) is 8.00. The fraction of sp³-hybridized carbons (Fsp3) is 0.500. The number of anilines is 1. The number of amidine groups is 1. The lowest BCUT2D eigenvalue weighted by molar-refractivity contribution is -0.125. The van der Waals surface area contributed by atoms with E-state index in [1.165, 1.54) is 0 Å². The van der Waals surface area contributed by atoms with Crippen LogP contribution in [0, 0.1) is 5.41 Å². The van der Waals surface area contributed by atoms with Crippen LogP contribution in [-0.4, -0.2) is 17.0 Å². The molecule has 0 atom stereocenters. The molecule has 0 saturated heterocycles. The van der Waals surface area contributed by atoms with E-state index in [0.29, 0.717) is 12.8 Å². The molecule has 1 aromatic carbocycles. The van der Waals surface area contributed by atoms with Crippen molar-refractivity contribution in [1.29, 1.82) is 0 Å². The molecular formula is C16H23N3O2. The number of hydrogen-bond donors (Lipinski definition) is 3. The van der Waals surface area contributed by atoms with Crippen LogP contribution in [0.3, 0.4) is 0 Å². The fourth-order valence-electron chi connectivity index (χ4n) is 2.86. The summed E-state index contributed by atoms with van der Waals surface area (Å²) >= 11 is 0. The predicted molar refractivity (Wildman–Crippen MR) is 83.5 cm³/mol. The van der Waals surface area contributed by atoms with Crippen LogP contribution in [-0.2, 0) is 17.6 Å². The highest BCUT2D eigenvalue weighted by Gasteiger charge is 2.48. The lowest BCUT2D eigenvalue weighted by Gasteiger charge is -2.39. The Morgan fingerprint density at radius 2 is 1.90 bits per heavy atom. The highest BCUT2D eigenvalue weighted by Crippen LogP contribution is 2.42. The van der Waals surface area contributed by atoms with E-state index in [2.05, 4.69) is 24.3 Å². The van der Waals surface area contributed by atoms with Gasteiger partial charge in [0.15, 0.2) is 5.84 Å². The Bertz CT molecular complexity index is 540. The molecule has 1 aliphatic rings. The van der Waals surface area contributed by atoms with Crippen molar-refractivity contribution in [2.45, 2.75) is 46.0 Å². The number of para-hydroxylation sites is 1. The van der Waals surface area contributed by atoms with E-state index in [9.17, 15) is 4.79 Å². The van der Waals surface area contributed by atoms with Crippen molar-refractivity contribution in [2.24, 2.45) is 16.3 Å². The summed E-state index contributed by atoms with van der Waals surface area (Å²) in [5, 5.41) is 15.0. The monoisotopic (exact) mass is 289 g/mol. The number of amides is 1. The Kier molecular flexibility index (Phi) is 4.50. The number of carbonyl (C=O) groups is 1. The van der Waals surface area contributed by atoms with Crippen molar-refractivity contribution < 1.29 is 10.0 Å². The van der Waals surface area contributed by atoms with Gasteiger partial charge in [-0.25, -0.2) is 0 Å². The molecule has 5 nitrogen and oxygen atoms in total. The van der Waals surface area contributed by atoms with E-state index in [0.717, 1.165) is 36.1 Å². The Morgan fingerprint density at radius 1 is 1.33 bits per heavy atom. The Morgan fingerprint density at radius 3 is 2.29 bits per heavy atom. The fourth-order valence-corrected chi connectivity index (χ4v) is 2.86. The van der Waals surface area contributed by atoms with Crippen molar-refractivity contribution >= 4 is 17.4 Å². The highest BCUT2D eigenvalue weighted by molar-refractivity contribution is 6.13. The van der Waals surface area contributed by atoms with E-state index in [1.807, 2.05) is 18.2 Å². The van der Waals surface area contributed by atoms with Gasteiger partial charge in [-0.1, -0.05) is 43.6 Å². The number of nitrogens with zero attached hydrogens (tertiary/aromatic N) is 1. The Hall–Kier alpha value is -2.04. The van der Waals surface area contributed by atoms with Crippen LogP contribution < -0.4 is 11.1 Å². The van der Waals surface area contributed by atoms with Gasteiger partial charge in [-0.3, -0.25) is 4.79 Å². The number of rotatable bonds is 5. The molecule has 1 aliphatic carbocycles. The first-order chi connectivity index (χ1) is 10.1. The number of carbonyl (C=O) groups excluding carboxylic acids is 1. The molecule has 4 N–H and O–H groups in total. The maximum Gasteiger partial charge on any atom is 0.238 e. The Balaban J connectivity index is 2.32. The lowest BCUT2D eigenvalue weighted by atomic mass is 9.67. The minimum atomic E-state index is -0.847. The number of benzene rings is 1. The molecule has 0 aliphatic heterocycles. The minimum Gasteiger partial charge on any atom is -0.409 e. The van der Waals surface area contributed by atoms with E-state index in [1.54, 1.807) is 0 Å². The topological polar surface area (TPSA) is 87.7 Å². The van der Waals surface area contributed by atoms with Crippen molar-refractivity contribution in [3.05, 3.63) is 29.3 Å². The largest absolute Gasteiger partial charge is 0.409 e. The molecule has 114 valence electrons. The summed E-state index contributed by atoms with van der Waals surface area (Å²) < 4.78 is 0. The summed E-state index contributed by atoms with van der Waals surface area (Å²) in [7, 11) is 0. The second-order valence-corrected chi connectivity index (χ2v) is 5.53. The molecule has 0 bridgehead atoms. The first-order valence-electron chi connectivity index (χ1n) is 7.49. The number of aryl methyl sites for hydroxylation is 2. The van der Waals surface area contributed by atoms with Gasteiger partial charge in [0.05, 0.1) is 0 Å². The lowest BCUT2D eigenvalue weighted by Crippen LogP contribution is -2.51.